The number of nitrogens with one attached hydrogen (secondary N) is 2. The van der Waals surface area contributed by atoms with Gasteiger partial charge in [0.1, 0.15) is 0 Å². The molecule has 1 atom stereocenters. The number of rotatable bonds is 4. The number of carbonyl (C=O) groups is 1. The molecule has 0 rings (SSSR count). The molecule has 0 aliphatic carbocycles. The van der Waals surface area contributed by atoms with Crippen LogP contribution in [-0.2, 0) is 9.53 Å². The minimum absolute atomic E-state index is 0.148. The van der Waals surface area contributed by atoms with E-state index < -0.39 is 11.8 Å². The van der Waals surface area contributed by atoms with Crippen molar-refractivity contribution in [3.63, 3.8) is 0 Å². The van der Waals surface area contributed by atoms with Crippen LogP contribution in [0, 0.1) is 0 Å². The van der Waals surface area contributed by atoms with Gasteiger partial charge in [-0.15, -0.1) is 0 Å². The van der Waals surface area contributed by atoms with Crippen LogP contribution in [0.3, 0.4) is 0 Å². The van der Waals surface area contributed by atoms with Crippen LogP contribution in [0.15, 0.2) is 0 Å². The van der Waals surface area contributed by atoms with Crippen LogP contribution in [0.2, 0.25) is 0 Å². The number of nitrogens with two attached hydrogens (primary N) is 1. The van der Waals surface area contributed by atoms with Crippen LogP contribution in [0.4, 0.5) is 4.39 Å². The Morgan fingerprint density at radius 2 is 2.21 bits per heavy atom. The smallest absolute Gasteiger partial charge is 0.303 e. The summed E-state index contributed by atoms with van der Waals surface area (Å²) in [5.41, 5.74) is 9.12. The normalized spacial score (nSPS) is 14.2. The monoisotopic (exact) mass is 223 g/mol. The Hall–Kier alpha value is -0.950. The lowest BCUT2D eigenvalue weighted by Gasteiger charge is -2.19. The molecule has 0 saturated carbocycles. The maximum Gasteiger partial charge on any atom is 0.303 e. The lowest BCUT2D eigenvalue weighted by Crippen LogP contribution is -2.52. The van der Waals surface area contributed by atoms with E-state index in [0.717, 1.165) is 6.92 Å². The number of hydrogen-bond acceptors (Lipinski definition) is 3. The van der Waals surface area contributed by atoms with Crippen molar-refractivity contribution in [3.05, 3.63) is 0 Å². The summed E-state index contributed by atoms with van der Waals surface area (Å²) in [5.74, 6) is -3.35. The number of halogens is 1. The van der Waals surface area contributed by atoms with Crippen molar-refractivity contribution >= 4 is 23.2 Å². The van der Waals surface area contributed by atoms with Gasteiger partial charge in [-0.25, -0.2) is 4.39 Å². The molecule has 0 bridgehead atoms. The maximum absolute atomic E-state index is 13.4. The van der Waals surface area contributed by atoms with E-state index in [4.69, 9.17) is 5.73 Å². The molecule has 0 aromatic rings. The van der Waals surface area contributed by atoms with Gasteiger partial charge in [-0.3, -0.25) is 15.6 Å². The van der Waals surface area contributed by atoms with Crippen LogP contribution >= 0.6 is 12.2 Å². The highest BCUT2D eigenvalue weighted by Crippen LogP contribution is 2.11. The van der Waals surface area contributed by atoms with Crippen molar-refractivity contribution in [2.24, 2.45) is 5.73 Å². The van der Waals surface area contributed by atoms with Gasteiger partial charge in [0.15, 0.2) is 5.11 Å². The first kappa shape index (κ1) is 13.1. The first-order chi connectivity index (χ1) is 6.40. The van der Waals surface area contributed by atoms with Crippen LogP contribution < -0.4 is 16.6 Å². The lowest BCUT2D eigenvalue weighted by molar-refractivity contribution is -0.171. The Balaban J connectivity index is 4.00. The second-order valence-electron chi connectivity index (χ2n) is 2.71. The number of alkyl halides is 1. The average molecular weight is 223 g/mol. The SMILES string of the molecule is CCCOC(C)(F)C(=O)NNC(N)=S. The summed E-state index contributed by atoms with van der Waals surface area (Å²) >= 11 is 4.41. The minimum atomic E-state index is -2.38. The fourth-order valence-corrected chi connectivity index (χ4v) is 0.640. The van der Waals surface area contributed by atoms with E-state index in [2.05, 4.69) is 22.4 Å². The van der Waals surface area contributed by atoms with Gasteiger partial charge in [-0.1, -0.05) is 6.92 Å². The minimum Gasteiger partial charge on any atom is -0.375 e. The van der Waals surface area contributed by atoms with Crippen LogP contribution in [0.5, 0.6) is 0 Å². The van der Waals surface area contributed by atoms with Crippen molar-refractivity contribution < 1.29 is 13.9 Å². The highest BCUT2D eigenvalue weighted by atomic mass is 32.1. The molecule has 0 radical (unpaired) electrons. The van der Waals surface area contributed by atoms with Crippen molar-refractivity contribution in [3.8, 4) is 0 Å². The Labute approximate surface area is 87.1 Å². The number of ether oxygens (including phenoxy) is 1. The molecule has 5 nitrogen and oxygen atoms in total. The summed E-state index contributed by atoms with van der Waals surface area (Å²) in [7, 11) is 0. The first-order valence-corrected chi connectivity index (χ1v) is 4.49. The molecule has 14 heavy (non-hydrogen) atoms. The Morgan fingerprint density at radius 3 is 2.64 bits per heavy atom. The molecule has 0 aromatic carbocycles. The van der Waals surface area contributed by atoms with Crippen LogP contribution in [0.25, 0.3) is 0 Å². The zero-order valence-electron chi connectivity index (χ0n) is 8.09. The molecule has 82 valence electrons. The topological polar surface area (TPSA) is 76.4 Å². The third kappa shape index (κ3) is 4.93. The van der Waals surface area contributed by atoms with Gasteiger partial charge >= 0.3 is 5.91 Å². The van der Waals surface area contributed by atoms with E-state index in [0.29, 0.717) is 6.42 Å². The largest absolute Gasteiger partial charge is 0.375 e. The van der Waals surface area contributed by atoms with E-state index in [1.54, 1.807) is 6.92 Å². The molecule has 0 aliphatic heterocycles. The number of thiocarbonyl (C=S) groups is 1. The molecule has 7 heteroatoms. The van der Waals surface area contributed by atoms with Crippen molar-refractivity contribution in [2.75, 3.05) is 6.61 Å². The predicted octanol–water partition coefficient (Wildman–Crippen LogP) is -0.0369. The summed E-state index contributed by atoms with van der Waals surface area (Å²) in [5, 5.41) is -0.148. The van der Waals surface area contributed by atoms with Crippen LogP contribution in [-0.4, -0.2) is 23.5 Å². The van der Waals surface area contributed by atoms with E-state index >= 15 is 0 Å². The molecular formula is C7H14FN3O2S. The second-order valence-corrected chi connectivity index (χ2v) is 3.15. The standard InChI is InChI=1S/C7H14FN3O2S/c1-3-4-13-7(2,8)5(12)10-11-6(9)14/h3-4H2,1-2H3,(H,10,12)(H3,9,11,14). The van der Waals surface area contributed by atoms with Gasteiger partial charge in [-0.2, -0.15) is 0 Å². The number of amides is 1. The summed E-state index contributed by atoms with van der Waals surface area (Å²) in [4.78, 5) is 11.1. The number of hydrazine groups is 1. The third-order valence-electron chi connectivity index (χ3n) is 1.28. The van der Waals surface area contributed by atoms with Gasteiger partial charge in [0, 0.05) is 6.92 Å². The fourth-order valence-electron chi connectivity index (χ4n) is 0.589. The molecule has 0 heterocycles. The zero-order chi connectivity index (χ0) is 11.2. The summed E-state index contributed by atoms with van der Waals surface area (Å²) in [6.45, 7) is 2.98. The van der Waals surface area contributed by atoms with E-state index in [-0.39, 0.29) is 11.7 Å². The Morgan fingerprint density at radius 1 is 1.64 bits per heavy atom. The second kappa shape index (κ2) is 5.71. The first-order valence-electron chi connectivity index (χ1n) is 4.09. The molecule has 1 amide bonds. The van der Waals surface area contributed by atoms with Gasteiger partial charge in [0.2, 0.25) is 0 Å². The van der Waals surface area contributed by atoms with E-state index in [1.807, 2.05) is 5.43 Å². The highest BCUT2D eigenvalue weighted by Gasteiger charge is 2.33. The summed E-state index contributed by atoms with van der Waals surface area (Å²) in [6, 6.07) is 0. The quantitative estimate of drug-likeness (QED) is 0.460. The number of carbonyl (C=O) groups excluding carboxylic acids is 1. The van der Waals surface area contributed by atoms with E-state index in [9.17, 15) is 9.18 Å². The van der Waals surface area contributed by atoms with Crippen LogP contribution in [0.1, 0.15) is 20.3 Å². The van der Waals surface area contributed by atoms with Crippen molar-refractivity contribution in [2.45, 2.75) is 26.1 Å². The van der Waals surface area contributed by atoms with Crippen molar-refractivity contribution in [1.29, 1.82) is 0 Å². The number of hydrogen-bond donors (Lipinski definition) is 3. The molecule has 0 fully saturated rings. The summed E-state index contributed by atoms with van der Waals surface area (Å²) < 4.78 is 18.0. The molecule has 0 spiro atoms. The molecule has 0 saturated heterocycles. The molecule has 4 N–H and O–H groups in total. The molecular weight excluding hydrogens is 209 g/mol. The van der Waals surface area contributed by atoms with Gasteiger partial charge in [-0.05, 0) is 18.6 Å². The van der Waals surface area contributed by atoms with Gasteiger partial charge in [0.05, 0.1) is 6.61 Å². The van der Waals surface area contributed by atoms with Gasteiger partial charge in [0.25, 0.3) is 5.85 Å². The molecule has 1 unspecified atom stereocenters. The third-order valence-corrected chi connectivity index (χ3v) is 1.38. The lowest BCUT2D eigenvalue weighted by atomic mass is 10.3. The fraction of sp³-hybridized carbons (Fsp3) is 0.714. The van der Waals surface area contributed by atoms with E-state index in [1.165, 1.54) is 0 Å². The van der Waals surface area contributed by atoms with Crippen molar-refractivity contribution in [1.82, 2.24) is 10.9 Å². The Bertz CT molecular complexity index is 223. The molecule has 0 aromatic heterocycles. The molecule has 0 aliphatic rings. The van der Waals surface area contributed by atoms with Gasteiger partial charge < -0.3 is 10.5 Å². The predicted molar refractivity (Wildman–Crippen MR) is 53.8 cm³/mol. The zero-order valence-corrected chi connectivity index (χ0v) is 8.91. The Kier molecular flexibility index (Phi) is 5.32. The maximum atomic E-state index is 13.4. The highest BCUT2D eigenvalue weighted by molar-refractivity contribution is 7.80. The average Bonchev–Trinajstić information content (AvgIpc) is 2.10. The summed E-state index contributed by atoms with van der Waals surface area (Å²) in [6.07, 6.45) is 0.621.